The van der Waals surface area contributed by atoms with Crippen molar-refractivity contribution in [2.75, 3.05) is 11.4 Å². The molecule has 0 saturated heterocycles. The average Bonchev–Trinajstić information content (AvgIpc) is 3.23. The first-order valence-corrected chi connectivity index (χ1v) is 11.2. The molecule has 0 N–H and O–H groups in total. The van der Waals surface area contributed by atoms with Crippen molar-refractivity contribution in [1.82, 2.24) is 9.78 Å². The molecule has 5 nitrogen and oxygen atoms in total. The maximum absolute atomic E-state index is 13.4. The second-order valence-electron chi connectivity index (χ2n) is 8.67. The van der Waals surface area contributed by atoms with Gasteiger partial charge in [-0.3, -0.25) is 9.59 Å². The molecule has 2 heterocycles. The number of hydrogen-bond acceptors (Lipinski definition) is 3. The molecular weight excluding hydrogens is 386 g/mol. The van der Waals surface area contributed by atoms with Gasteiger partial charge >= 0.3 is 0 Å². The first-order valence-electron chi connectivity index (χ1n) is 11.2. The Labute approximate surface area is 182 Å². The number of para-hydroxylation sites is 1. The summed E-state index contributed by atoms with van der Waals surface area (Å²) in [6.07, 6.45) is 4.53. The fraction of sp³-hybridized carbons (Fsp3) is 0.346. The van der Waals surface area contributed by atoms with E-state index in [4.69, 9.17) is 5.10 Å². The molecule has 1 amide bonds. The number of aryl methyl sites for hydroxylation is 1. The Kier molecular flexibility index (Phi) is 4.97. The highest BCUT2D eigenvalue weighted by Gasteiger charge is 2.31. The molecule has 1 aliphatic carbocycles. The highest BCUT2D eigenvalue weighted by atomic mass is 16.2. The van der Waals surface area contributed by atoms with E-state index in [-0.39, 0.29) is 11.5 Å². The zero-order valence-corrected chi connectivity index (χ0v) is 18.1. The number of benzene rings is 2. The van der Waals surface area contributed by atoms with Gasteiger partial charge in [-0.1, -0.05) is 48.0 Å². The summed E-state index contributed by atoms with van der Waals surface area (Å²) in [5.74, 6) is -0.0786. The van der Waals surface area contributed by atoms with Crippen molar-refractivity contribution in [1.29, 1.82) is 0 Å². The van der Waals surface area contributed by atoms with Gasteiger partial charge in [-0.2, -0.15) is 5.10 Å². The van der Waals surface area contributed by atoms with Crippen LogP contribution >= 0.6 is 0 Å². The third-order valence-electron chi connectivity index (χ3n) is 6.63. The SMILES string of the molecule is Cc1ccc(-c2nn([C@@H](C)C(=O)N3CCc4ccccc43)c(=O)c3c2CCCC3)cc1. The third kappa shape index (κ3) is 3.38. The van der Waals surface area contributed by atoms with Crippen LogP contribution in [0.5, 0.6) is 0 Å². The zero-order chi connectivity index (χ0) is 21.5. The third-order valence-corrected chi connectivity index (χ3v) is 6.63. The fourth-order valence-electron chi connectivity index (χ4n) is 4.86. The Morgan fingerprint density at radius 3 is 2.45 bits per heavy atom. The van der Waals surface area contributed by atoms with Crippen molar-refractivity contribution in [3.63, 3.8) is 0 Å². The average molecular weight is 414 g/mol. The Morgan fingerprint density at radius 1 is 0.968 bits per heavy atom. The second kappa shape index (κ2) is 7.80. The molecule has 0 unspecified atom stereocenters. The van der Waals surface area contributed by atoms with Crippen LogP contribution in [0.25, 0.3) is 11.3 Å². The molecule has 1 atom stereocenters. The normalized spacial score (nSPS) is 16.0. The molecule has 0 bridgehead atoms. The molecule has 3 aromatic rings. The molecule has 2 aliphatic rings. The van der Waals surface area contributed by atoms with Gasteiger partial charge in [-0.15, -0.1) is 0 Å². The standard InChI is InChI=1S/C26H27N3O2/c1-17-11-13-20(14-12-17)24-21-8-4-5-9-22(21)26(31)29(27-24)18(2)25(30)28-16-15-19-7-3-6-10-23(19)28/h3,6-7,10-14,18H,4-5,8-9,15-16H2,1-2H3/t18-/m0/s1. The van der Waals surface area contributed by atoms with Gasteiger partial charge in [0.1, 0.15) is 6.04 Å². The molecule has 0 fully saturated rings. The van der Waals surface area contributed by atoms with Gasteiger partial charge in [0.15, 0.2) is 0 Å². The lowest BCUT2D eigenvalue weighted by molar-refractivity contribution is -0.121. The molecule has 5 rings (SSSR count). The van der Waals surface area contributed by atoms with E-state index in [1.807, 2.05) is 18.2 Å². The van der Waals surface area contributed by atoms with Crippen LogP contribution in [-0.2, 0) is 24.1 Å². The van der Waals surface area contributed by atoms with Crippen LogP contribution < -0.4 is 10.5 Å². The van der Waals surface area contributed by atoms with Crippen molar-refractivity contribution < 1.29 is 4.79 Å². The fourth-order valence-corrected chi connectivity index (χ4v) is 4.86. The van der Waals surface area contributed by atoms with Crippen molar-refractivity contribution in [3.05, 3.63) is 81.1 Å². The Morgan fingerprint density at radius 2 is 1.68 bits per heavy atom. The van der Waals surface area contributed by atoms with Crippen LogP contribution in [0.15, 0.2) is 53.3 Å². The summed E-state index contributed by atoms with van der Waals surface area (Å²) in [5, 5.41) is 4.79. The lowest BCUT2D eigenvalue weighted by Gasteiger charge is -2.25. The van der Waals surface area contributed by atoms with Gasteiger partial charge in [-0.05, 0) is 63.1 Å². The van der Waals surface area contributed by atoms with Crippen molar-refractivity contribution >= 4 is 11.6 Å². The van der Waals surface area contributed by atoms with E-state index in [2.05, 4.69) is 37.3 Å². The van der Waals surface area contributed by atoms with E-state index in [0.29, 0.717) is 6.54 Å². The molecule has 31 heavy (non-hydrogen) atoms. The van der Waals surface area contributed by atoms with Gasteiger partial charge < -0.3 is 4.90 Å². The number of rotatable bonds is 3. The van der Waals surface area contributed by atoms with E-state index in [1.54, 1.807) is 11.8 Å². The molecule has 158 valence electrons. The van der Waals surface area contributed by atoms with E-state index in [0.717, 1.165) is 60.2 Å². The Bertz CT molecular complexity index is 1210. The summed E-state index contributed by atoms with van der Waals surface area (Å²) >= 11 is 0. The van der Waals surface area contributed by atoms with Gasteiger partial charge in [0.25, 0.3) is 11.5 Å². The van der Waals surface area contributed by atoms with Crippen LogP contribution in [0.1, 0.15) is 48.1 Å². The van der Waals surface area contributed by atoms with Crippen LogP contribution in [0.3, 0.4) is 0 Å². The number of nitrogens with zero attached hydrogens (tertiary/aromatic N) is 3. The second-order valence-corrected chi connectivity index (χ2v) is 8.67. The number of aromatic nitrogens is 2. The van der Waals surface area contributed by atoms with Gasteiger partial charge in [0, 0.05) is 23.4 Å². The maximum Gasteiger partial charge on any atom is 0.271 e. The van der Waals surface area contributed by atoms with Gasteiger partial charge in [0.2, 0.25) is 0 Å². The molecular formula is C26H27N3O2. The minimum absolute atomic E-state index is 0.0786. The number of fused-ring (bicyclic) bond motifs is 2. The van der Waals surface area contributed by atoms with Crippen LogP contribution in [0.2, 0.25) is 0 Å². The first-order chi connectivity index (χ1) is 15.0. The monoisotopic (exact) mass is 413 g/mol. The minimum atomic E-state index is -0.657. The van der Waals surface area contributed by atoms with Gasteiger partial charge in [-0.25, -0.2) is 4.68 Å². The lowest BCUT2D eigenvalue weighted by Crippen LogP contribution is -2.41. The maximum atomic E-state index is 13.4. The molecule has 0 radical (unpaired) electrons. The molecule has 1 aromatic heterocycles. The summed E-state index contributed by atoms with van der Waals surface area (Å²) in [5.41, 5.74) is 6.93. The van der Waals surface area contributed by atoms with Gasteiger partial charge in [0.05, 0.1) is 5.69 Å². The summed E-state index contributed by atoms with van der Waals surface area (Å²) in [7, 11) is 0. The first kappa shape index (κ1) is 19.7. The minimum Gasteiger partial charge on any atom is -0.310 e. The molecule has 0 spiro atoms. The largest absolute Gasteiger partial charge is 0.310 e. The number of amides is 1. The smallest absolute Gasteiger partial charge is 0.271 e. The van der Waals surface area contributed by atoms with Crippen LogP contribution in [0, 0.1) is 6.92 Å². The summed E-state index contributed by atoms with van der Waals surface area (Å²) in [4.78, 5) is 28.6. The van der Waals surface area contributed by atoms with E-state index < -0.39 is 6.04 Å². The summed E-state index contributed by atoms with van der Waals surface area (Å²) in [6.45, 7) is 4.50. The number of carbonyl (C=O) groups excluding carboxylic acids is 1. The van der Waals surface area contributed by atoms with E-state index in [1.165, 1.54) is 15.8 Å². The Hall–Kier alpha value is -3.21. The highest BCUT2D eigenvalue weighted by Crippen LogP contribution is 2.31. The quantitative estimate of drug-likeness (QED) is 0.645. The number of anilines is 1. The van der Waals surface area contributed by atoms with E-state index in [9.17, 15) is 9.59 Å². The topological polar surface area (TPSA) is 55.2 Å². The number of carbonyl (C=O) groups is 1. The molecule has 0 saturated carbocycles. The van der Waals surface area contributed by atoms with Crippen molar-refractivity contribution in [3.8, 4) is 11.3 Å². The van der Waals surface area contributed by atoms with E-state index >= 15 is 0 Å². The predicted molar refractivity (Wildman–Crippen MR) is 123 cm³/mol. The molecule has 1 aliphatic heterocycles. The lowest BCUT2D eigenvalue weighted by atomic mass is 9.89. The van der Waals surface area contributed by atoms with Crippen molar-refractivity contribution in [2.24, 2.45) is 0 Å². The number of hydrogen-bond donors (Lipinski definition) is 0. The summed E-state index contributed by atoms with van der Waals surface area (Å²) in [6, 6.07) is 15.6. The zero-order valence-electron chi connectivity index (χ0n) is 18.1. The van der Waals surface area contributed by atoms with Crippen LogP contribution in [-0.4, -0.2) is 22.2 Å². The summed E-state index contributed by atoms with van der Waals surface area (Å²) < 4.78 is 1.43. The Balaban J connectivity index is 1.59. The predicted octanol–water partition coefficient (Wildman–Crippen LogP) is 4.25. The highest BCUT2D eigenvalue weighted by molar-refractivity contribution is 5.97. The molecule has 2 aromatic carbocycles. The van der Waals surface area contributed by atoms with Crippen LogP contribution in [0.4, 0.5) is 5.69 Å². The van der Waals surface area contributed by atoms with Crippen molar-refractivity contribution in [2.45, 2.75) is 52.0 Å². The molecule has 5 heteroatoms.